The topological polar surface area (TPSA) is 61.8 Å². The molecule has 3 aromatic rings. The largest absolute Gasteiger partial charge is 0.360 e. The van der Waals surface area contributed by atoms with Crippen molar-refractivity contribution in [3.63, 3.8) is 0 Å². The van der Waals surface area contributed by atoms with Crippen LogP contribution in [-0.2, 0) is 7.05 Å². The normalized spacial score (nSPS) is 22.5. The Bertz CT molecular complexity index is 861. The van der Waals surface area contributed by atoms with Crippen molar-refractivity contribution in [1.82, 2.24) is 25.1 Å². The van der Waals surface area contributed by atoms with Gasteiger partial charge in [-0.3, -0.25) is 4.68 Å². The first-order valence-electron chi connectivity index (χ1n) is 8.91. The summed E-state index contributed by atoms with van der Waals surface area (Å²) in [6.07, 6.45) is 10.5. The van der Waals surface area contributed by atoms with Gasteiger partial charge in [0.1, 0.15) is 5.82 Å². The molecule has 6 nitrogen and oxygen atoms in total. The first kappa shape index (κ1) is 14.7. The van der Waals surface area contributed by atoms with E-state index in [1.54, 1.807) is 0 Å². The fourth-order valence-corrected chi connectivity index (χ4v) is 4.15. The van der Waals surface area contributed by atoms with Gasteiger partial charge in [0.05, 0.1) is 6.20 Å². The van der Waals surface area contributed by atoms with Gasteiger partial charge >= 0.3 is 0 Å². The highest BCUT2D eigenvalue weighted by Gasteiger charge is 2.37. The number of H-pyrrole nitrogens is 1. The lowest BCUT2D eigenvalue weighted by atomic mass is 10.1. The first-order chi connectivity index (χ1) is 12.3. The predicted molar refractivity (Wildman–Crippen MR) is 98.4 cm³/mol. The monoisotopic (exact) mass is 334 g/mol. The van der Waals surface area contributed by atoms with Crippen LogP contribution in [0.25, 0.3) is 22.4 Å². The van der Waals surface area contributed by atoms with Gasteiger partial charge in [-0.1, -0.05) is 0 Å². The number of rotatable bonds is 3. The van der Waals surface area contributed by atoms with Crippen LogP contribution in [0.1, 0.15) is 12.8 Å². The highest BCUT2D eigenvalue weighted by Crippen LogP contribution is 2.32. The molecule has 2 bridgehead atoms. The summed E-state index contributed by atoms with van der Waals surface area (Å²) < 4.78 is 1.81. The number of hydrogen-bond donors (Lipinski definition) is 2. The molecular weight excluding hydrogens is 312 g/mol. The van der Waals surface area contributed by atoms with E-state index >= 15 is 0 Å². The quantitative estimate of drug-likeness (QED) is 0.772. The fourth-order valence-electron chi connectivity index (χ4n) is 4.15. The van der Waals surface area contributed by atoms with Gasteiger partial charge in [-0.15, -0.1) is 0 Å². The SMILES string of the molecule is Cn1cc(-c2cc(-c3ccc(N4C5CCC4CNC5)nc3)c[nH]2)cn1. The van der Waals surface area contributed by atoms with E-state index in [2.05, 4.69) is 38.5 Å². The molecule has 2 N–H and O–H groups in total. The Labute approximate surface area is 146 Å². The van der Waals surface area contributed by atoms with Gasteiger partial charge in [-0.25, -0.2) is 4.98 Å². The number of aromatic amines is 1. The van der Waals surface area contributed by atoms with Crippen LogP contribution >= 0.6 is 0 Å². The third-order valence-electron chi connectivity index (χ3n) is 5.42. The summed E-state index contributed by atoms with van der Waals surface area (Å²) in [6, 6.07) is 7.70. The van der Waals surface area contributed by atoms with E-state index in [1.165, 1.54) is 12.8 Å². The molecule has 2 aliphatic rings. The van der Waals surface area contributed by atoms with Gasteiger partial charge in [0.2, 0.25) is 0 Å². The lowest BCUT2D eigenvalue weighted by Gasteiger charge is -2.36. The third-order valence-corrected chi connectivity index (χ3v) is 5.42. The van der Waals surface area contributed by atoms with E-state index in [0.717, 1.165) is 41.3 Å². The zero-order valence-electron chi connectivity index (χ0n) is 14.3. The standard InChI is InChI=1S/C19H22N6/c1-24-12-15(9-23-24)18-6-14(8-21-18)13-2-5-19(22-7-13)25-16-3-4-17(25)11-20-10-16/h2,5-9,12,16-17,20-21H,3-4,10-11H2,1H3. The molecule has 128 valence electrons. The Morgan fingerprint density at radius 1 is 1.04 bits per heavy atom. The van der Waals surface area contributed by atoms with Crippen LogP contribution in [0, 0.1) is 0 Å². The molecule has 0 aromatic carbocycles. The van der Waals surface area contributed by atoms with Gasteiger partial charge in [0.15, 0.2) is 0 Å². The third kappa shape index (κ3) is 2.53. The van der Waals surface area contributed by atoms with Crippen molar-refractivity contribution in [2.45, 2.75) is 24.9 Å². The van der Waals surface area contributed by atoms with Crippen molar-refractivity contribution in [1.29, 1.82) is 0 Å². The molecule has 2 unspecified atom stereocenters. The van der Waals surface area contributed by atoms with Crippen molar-refractivity contribution in [3.8, 4) is 22.4 Å². The van der Waals surface area contributed by atoms with Crippen molar-refractivity contribution < 1.29 is 0 Å². The average Bonchev–Trinajstić information content (AvgIpc) is 3.33. The molecular formula is C19H22N6. The number of fused-ring (bicyclic) bond motifs is 2. The molecule has 2 atom stereocenters. The maximum Gasteiger partial charge on any atom is 0.129 e. The highest BCUT2D eigenvalue weighted by atomic mass is 15.3. The van der Waals surface area contributed by atoms with Crippen LogP contribution in [-0.4, -0.2) is 44.9 Å². The van der Waals surface area contributed by atoms with E-state index < -0.39 is 0 Å². The number of aromatic nitrogens is 4. The maximum absolute atomic E-state index is 4.77. The average molecular weight is 334 g/mol. The van der Waals surface area contributed by atoms with E-state index in [-0.39, 0.29) is 0 Å². The van der Waals surface area contributed by atoms with E-state index in [4.69, 9.17) is 4.98 Å². The Morgan fingerprint density at radius 2 is 1.88 bits per heavy atom. The van der Waals surface area contributed by atoms with Crippen molar-refractivity contribution in [3.05, 3.63) is 43.0 Å². The number of nitrogens with one attached hydrogen (secondary N) is 2. The molecule has 2 fully saturated rings. The highest BCUT2D eigenvalue weighted by molar-refractivity contribution is 5.71. The van der Waals surface area contributed by atoms with Gasteiger partial charge < -0.3 is 15.2 Å². The number of anilines is 1. The van der Waals surface area contributed by atoms with Crippen molar-refractivity contribution in [2.24, 2.45) is 7.05 Å². The second-order valence-corrected chi connectivity index (χ2v) is 7.06. The molecule has 5 rings (SSSR count). The van der Waals surface area contributed by atoms with E-state index in [0.29, 0.717) is 12.1 Å². The summed E-state index contributed by atoms with van der Waals surface area (Å²) in [4.78, 5) is 10.6. The minimum absolute atomic E-state index is 0.599. The Morgan fingerprint density at radius 3 is 2.56 bits per heavy atom. The Hall–Kier alpha value is -2.60. The summed E-state index contributed by atoms with van der Waals surface area (Å²) in [7, 11) is 1.93. The van der Waals surface area contributed by atoms with Gasteiger partial charge in [-0.05, 0) is 31.0 Å². The van der Waals surface area contributed by atoms with Crippen LogP contribution in [0.4, 0.5) is 5.82 Å². The number of hydrogen-bond acceptors (Lipinski definition) is 4. The molecule has 3 aromatic heterocycles. The summed E-state index contributed by atoms with van der Waals surface area (Å²) >= 11 is 0. The van der Waals surface area contributed by atoms with Gasteiger partial charge in [0, 0.05) is 73.2 Å². The molecule has 0 saturated carbocycles. The predicted octanol–water partition coefficient (Wildman–Crippen LogP) is 2.42. The summed E-state index contributed by atoms with van der Waals surface area (Å²) in [5.41, 5.74) is 4.46. The lowest BCUT2D eigenvalue weighted by molar-refractivity contribution is 0.481. The molecule has 0 amide bonds. The van der Waals surface area contributed by atoms with Crippen LogP contribution in [0.5, 0.6) is 0 Å². The molecule has 25 heavy (non-hydrogen) atoms. The molecule has 2 saturated heterocycles. The first-order valence-corrected chi connectivity index (χ1v) is 8.91. The van der Waals surface area contributed by atoms with E-state index in [1.807, 2.05) is 36.5 Å². The number of piperazine rings is 1. The summed E-state index contributed by atoms with van der Waals surface area (Å²) in [5.74, 6) is 1.11. The number of aryl methyl sites for hydroxylation is 1. The zero-order valence-corrected chi connectivity index (χ0v) is 14.3. The minimum atomic E-state index is 0.599. The van der Waals surface area contributed by atoms with Gasteiger partial charge in [-0.2, -0.15) is 5.10 Å². The molecule has 6 heteroatoms. The molecule has 0 aliphatic carbocycles. The number of nitrogens with zero attached hydrogens (tertiary/aromatic N) is 4. The van der Waals surface area contributed by atoms with Gasteiger partial charge in [0.25, 0.3) is 0 Å². The second-order valence-electron chi connectivity index (χ2n) is 7.06. The Kier molecular flexibility index (Phi) is 3.38. The molecule has 2 aliphatic heterocycles. The smallest absolute Gasteiger partial charge is 0.129 e. The summed E-state index contributed by atoms with van der Waals surface area (Å²) in [5, 5.41) is 7.76. The molecule has 0 radical (unpaired) electrons. The van der Waals surface area contributed by atoms with Crippen LogP contribution < -0.4 is 10.2 Å². The second kappa shape index (κ2) is 5.74. The number of pyridine rings is 1. The Balaban J connectivity index is 1.40. The fraction of sp³-hybridized carbons (Fsp3) is 0.368. The zero-order chi connectivity index (χ0) is 16.8. The van der Waals surface area contributed by atoms with Crippen LogP contribution in [0.15, 0.2) is 43.0 Å². The molecule has 5 heterocycles. The lowest BCUT2D eigenvalue weighted by Crippen LogP contribution is -2.52. The maximum atomic E-state index is 4.77. The van der Waals surface area contributed by atoms with Crippen molar-refractivity contribution >= 4 is 5.82 Å². The van der Waals surface area contributed by atoms with Crippen molar-refractivity contribution in [2.75, 3.05) is 18.0 Å². The minimum Gasteiger partial charge on any atom is -0.360 e. The summed E-state index contributed by atoms with van der Waals surface area (Å²) in [6.45, 7) is 2.15. The van der Waals surface area contributed by atoms with Crippen LogP contribution in [0.3, 0.4) is 0 Å². The molecule has 0 spiro atoms. The van der Waals surface area contributed by atoms with Crippen LogP contribution in [0.2, 0.25) is 0 Å². The van der Waals surface area contributed by atoms with E-state index in [9.17, 15) is 0 Å².